The number of hydrogen-bond acceptors (Lipinski definition) is 3. The fraction of sp³-hybridized carbons (Fsp3) is 0.600. The second-order valence-corrected chi connectivity index (χ2v) is 5.15. The van der Waals surface area contributed by atoms with E-state index in [-0.39, 0.29) is 12.1 Å². The van der Waals surface area contributed by atoms with Crippen molar-refractivity contribution >= 4 is 0 Å². The third kappa shape index (κ3) is 4.41. The summed E-state index contributed by atoms with van der Waals surface area (Å²) in [6.07, 6.45) is 1.16. The summed E-state index contributed by atoms with van der Waals surface area (Å²) in [4.78, 5) is 0. The summed E-state index contributed by atoms with van der Waals surface area (Å²) in [5.74, 6) is 6.32. The van der Waals surface area contributed by atoms with E-state index >= 15 is 0 Å². The quantitative estimate of drug-likeness (QED) is 0.578. The van der Waals surface area contributed by atoms with Gasteiger partial charge in [0.25, 0.3) is 0 Å². The summed E-state index contributed by atoms with van der Waals surface area (Å²) in [5, 5.41) is 0. The molecule has 2 atom stereocenters. The molecule has 3 heteroatoms. The smallest absolute Gasteiger partial charge is 0.0754 e. The van der Waals surface area contributed by atoms with Gasteiger partial charge in [-0.25, -0.2) is 0 Å². The van der Waals surface area contributed by atoms with Crippen molar-refractivity contribution in [3.05, 3.63) is 35.4 Å². The van der Waals surface area contributed by atoms with Crippen LogP contribution < -0.4 is 11.3 Å². The van der Waals surface area contributed by atoms with Gasteiger partial charge in [0.15, 0.2) is 0 Å². The zero-order valence-electron chi connectivity index (χ0n) is 11.9. The highest BCUT2D eigenvalue weighted by molar-refractivity contribution is 5.27. The lowest BCUT2D eigenvalue weighted by Gasteiger charge is -2.24. The molecular formula is C15H26N2O. The van der Waals surface area contributed by atoms with Crippen LogP contribution in [0, 0.1) is 5.92 Å². The SMILES string of the molecule is CCOC(C)C(NN)c1cccc(CC(C)C)c1. The van der Waals surface area contributed by atoms with E-state index in [2.05, 4.69) is 43.5 Å². The Labute approximate surface area is 111 Å². The predicted octanol–water partition coefficient (Wildman–Crippen LogP) is 2.81. The maximum absolute atomic E-state index is 5.66. The average molecular weight is 250 g/mol. The van der Waals surface area contributed by atoms with Crippen LogP contribution in [-0.4, -0.2) is 12.7 Å². The maximum atomic E-state index is 5.66. The predicted molar refractivity (Wildman–Crippen MR) is 76.1 cm³/mol. The van der Waals surface area contributed by atoms with Crippen molar-refractivity contribution < 1.29 is 4.74 Å². The topological polar surface area (TPSA) is 47.3 Å². The zero-order chi connectivity index (χ0) is 13.5. The molecule has 3 nitrogen and oxygen atoms in total. The van der Waals surface area contributed by atoms with Crippen LogP contribution in [0.5, 0.6) is 0 Å². The average Bonchev–Trinajstić information content (AvgIpc) is 2.30. The minimum atomic E-state index is 0.0389. The van der Waals surface area contributed by atoms with E-state index in [0.29, 0.717) is 12.5 Å². The van der Waals surface area contributed by atoms with Crippen LogP contribution in [0.15, 0.2) is 24.3 Å². The Kier molecular flexibility index (Phi) is 6.33. The minimum Gasteiger partial charge on any atom is -0.377 e. The first-order valence-corrected chi connectivity index (χ1v) is 6.75. The number of benzene rings is 1. The van der Waals surface area contributed by atoms with Crippen molar-refractivity contribution in [2.75, 3.05) is 6.61 Å². The number of nitrogens with two attached hydrogens (primary N) is 1. The number of ether oxygens (including phenoxy) is 1. The van der Waals surface area contributed by atoms with Crippen molar-refractivity contribution in [3.8, 4) is 0 Å². The van der Waals surface area contributed by atoms with Gasteiger partial charge in [-0.05, 0) is 37.3 Å². The fourth-order valence-corrected chi connectivity index (χ4v) is 2.25. The Morgan fingerprint density at radius 3 is 2.56 bits per heavy atom. The van der Waals surface area contributed by atoms with Gasteiger partial charge in [-0.3, -0.25) is 11.3 Å². The lowest BCUT2D eigenvalue weighted by molar-refractivity contribution is 0.0472. The molecule has 3 N–H and O–H groups in total. The second kappa shape index (κ2) is 7.52. The van der Waals surface area contributed by atoms with Gasteiger partial charge >= 0.3 is 0 Å². The van der Waals surface area contributed by atoms with E-state index in [9.17, 15) is 0 Å². The van der Waals surface area contributed by atoms with E-state index in [1.165, 1.54) is 11.1 Å². The molecule has 0 aliphatic rings. The molecule has 2 unspecified atom stereocenters. The molecule has 102 valence electrons. The van der Waals surface area contributed by atoms with Crippen molar-refractivity contribution in [1.29, 1.82) is 0 Å². The van der Waals surface area contributed by atoms with Crippen LogP contribution in [-0.2, 0) is 11.2 Å². The van der Waals surface area contributed by atoms with Crippen molar-refractivity contribution in [2.24, 2.45) is 11.8 Å². The van der Waals surface area contributed by atoms with Gasteiger partial charge in [-0.1, -0.05) is 38.1 Å². The second-order valence-electron chi connectivity index (χ2n) is 5.15. The van der Waals surface area contributed by atoms with E-state index in [1.54, 1.807) is 0 Å². The number of hydrazine groups is 1. The van der Waals surface area contributed by atoms with Crippen molar-refractivity contribution in [2.45, 2.75) is 46.3 Å². The fourth-order valence-electron chi connectivity index (χ4n) is 2.25. The molecule has 1 rings (SSSR count). The summed E-state index contributed by atoms with van der Waals surface area (Å²) in [5.41, 5.74) is 5.40. The molecule has 1 aromatic carbocycles. The third-order valence-corrected chi connectivity index (χ3v) is 3.03. The Bertz CT molecular complexity index is 352. The van der Waals surface area contributed by atoms with E-state index in [1.807, 2.05) is 13.8 Å². The highest BCUT2D eigenvalue weighted by atomic mass is 16.5. The van der Waals surface area contributed by atoms with Gasteiger partial charge < -0.3 is 4.74 Å². The van der Waals surface area contributed by atoms with Crippen LogP contribution in [0.2, 0.25) is 0 Å². The van der Waals surface area contributed by atoms with Crippen LogP contribution >= 0.6 is 0 Å². The molecule has 18 heavy (non-hydrogen) atoms. The maximum Gasteiger partial charge on any atom is 0.0754 e. The summed E-state index contributed by atoms with van der Waals surface area (Å²) in [6, 6.07) is 8.62. The number of hydrogen-bond donors (Lipinski definition) is 2. The molecule has 0 aromatic heterocycles. The summed E-state index contributed by atoms with van der Waals surface area (Å²) < 4.78 is 5.63. The summed E-state index contributed by atoms with van der Waals surface area (Å²) in [7, 11) is 0. The zero-order valence-corrected chi connectivity index (χ0v) is 11.9. The van der Waals surface area contributed by atoms with Crippen LogP contribution in [0.1, 0.15) is 44.9 Å². The van der Waals surface area contributed by atoms with Gasteiger partial charge in [-0.2, -0.15) is 0 Å². The Hall–Kier alpha value is -0.900. The first-order valence-electron chi connectivity index (χ1n) is 6.75. The molecule has 0 fully saturated rings. The molecule has 0 radical (unpaired) electrons. The van der Waals surface area contributed by atoms with Crippen molar-refractivity contribution in [3.63, 3.8) is 0 Å². The lowest BCUT2D eigenvalue weighted by Crippen LogP contribution is -2.36. The molecule has 0 saturated heterocycles. The highest BCUT2D eigenvalue weighted by Crippen LogP contribution is 2.20. The van der Waals surface area contributed by atoms with E-state index in [4.69, 9.17) is 10.6 Å². The van der Waals surface area contributed by atoms with Gasteiger partial charge in [0.2, 0.25) is 0 Å². The first kappa shape index (κ1) is 15.2. The monoisotopic (exact) mass is 250 g/mol. The van der Waals surface area contributed by atoms with E-state index < -0.39 is 0 Å². The molecule has 0 spiro atoms. The summed E-state index contributed by atoms with van der Waals surface area (Å²) in [6.45, 7) is 9.20. The molecule has 0 bridgehead atoms. The van der Waals surface area contributed by atoms with Gasteiger partial charge in [0.1, 0.15) is 0 Å². The van der Waals surface area contributed by atoms with Gasteiger partial charge in [-0.15, -0.1) is 0 Å². The molecule has 1 aromatic rings. The largest absolute Gasteiger partial charge is 0.377 e. The highest BCUT2D eigenvalue weighted by Gasteiger charge is 2.18. The van der Waals surface area contributed by atoms with Crippen LogP contribution in [0.25, 0.3) is 0 Å². The van der Waals surface area contributed by atoms with Crippen LogP contribution in [0.4, 0.5) is 0 Å². The minimum absolute atomic E-state index is 0.0389. The number of rotatable bonds is 7. The molecular weight excluding hydrogens is 224 g/mol. The Morgan fingerprint density at radius 1 is 1.28 bits per heavy atom. The molecule has 0 heterocycles. The lowest BCUT2D eigenvalue weighted by atomic mass is 9.96. The Morgan fingerprint density at radius 2 is 2.00 bits per heavy atom. The summed E-state index contributed by atoms with van der Waals surface area (Å²) >= 11 is 0. The molecule has 0 aliphatic carbocycles. The standard InChI is InChI=1S/C15H26N2O/c1-5-18-12(4)15(17-16)14-8-6-7-13(10-14)9-11(2)3/h6-8,10-12,15,17H,5,9,16H2,1-4H3. The molecule has 0 amide bonds. The molecule has 0 aliphatic heterocycles. The normalized spacial score (nSPS) is 14.8. The van der Waals surface area contributed by atoms with Crippen molar-refractivity contribution in [1.82, 2.24) is 5.43 Å². The van der Waals surface area contributed by atoms with Crippen LogP contribution in [0.3, 0.4) is 0 Å². The van der Waals surface area contributed by atoms with Gasteiger partial charge in [0.05, 0.1) is 12.1 Å². The Balaban J connectivity index is 2.85. The molecule has 0 saturated carbocycles. The van der Waals surface area contributed by atoms with E-state index in [0.717, 1.165) is 6.42 Å². The first-order chi connectivity index (χ1) is 8.58. The van der Waals surface area contributed by atoms with Gasteiger partial charge in [0, 0.05) is 6.61 Å². The number of nitrogens with one attached hydrogen (secondary N) is 1. The third-order valence-electron chi connectivity index (χ3n) is 3.03.